The molecular formula is C19H28ClIN6O2. The number of aryl methyl sites for hydroxylation is 1. The van der Waals surface area contributed by atoms with Gasteiger partial charge in [0.15, 0.2) is 11.8 Å². The van der Waals surface area contributed by atoms with E-state index in [4.69, 9.17) is 20.9 Å². The molecule has 10 heteroatoms. The number of anilines is 1. The Bertz CT molecular complexity index is 816. The molecule has 0 amide bonds. The van der Waals surface area contributed by atoms with E-state index in [2.05, 4.69) is 37.6 Å². The average Bonchev–Trinajstić information content (AvgIpc) is 3.31. The summed E-state index contributed by atoms with van der Waals surface area (Å²) in [5.41, 5.74) is 1.02. The minimum Gasteiger partial charge on any atom is -0.495 e. The summed E-state index contributed by atoms with van der Waals surface area (Å²) in [7, 11) is 1.68. The molecule has 1 aromatic carbocycles. The Morgan fingerprint density at radius 2 is 2.28 bits per heavy atom. The second-order valence-electron chi connectivity index (χ2n) is 6.64. The molecule has 0 saturated carbocycles. The van der Waals surface area contributed by atoms with Crippen molar-refractivity contribution in [3.63, 3.8) is 0 Å². The molecule has 1 atom stereocenters. The summed E-state index contributed by atoms with van der Waals surface area (Å²) in [6, 6.07) is 5.99. The zero-order chi connectivity index (χ0) is 19.9. The van der Waals surface area contributed by atoms with Crippen LogP contribution >= 0.6 is 35.6 Å². The van der Waals surface area contributed by atoms with E-state index in [1.54, 1.807) is 7.11 Å². The summed E-state index contributed by atoms with van der Waals surface area (Å²) >= 11 is 6.18. The van der Waals surface area contributed by atoms with Gasteiger partial charge in [0.25, 0.3) is 0 Å². The number of nitrogens with one attached hydrogen (secondary N) is 2. The number of aromatic nitrogens is 2. The second kappa shape index (κ2) is 11.4. The molecule has 0 spiro atoms. The van der Waals surface area contributed by atoms with Gasteiger partial charge in [0.1, 0.15) is 5.75 Å². The molecule has 1 saturated heterocycles. The predicted molar refractivity (Wildman–Crippen MR) is 126 cm³/mol. The molecule has 3 rings (SSSR count). The Kier molecular flexibility index (Phi) is 9.28. The number of nitrogens with zero attached hydrogens (tertiary/aromatic N) is 4. The molecule has 2 N–H and O–H groups in total. The van der Waals surface area contributed by atoms with Gasteiger partial charge in [-0.1, -0.05) is 16.8 Å². The highest BCUT2D eigenvalue weighted by atomic mass is 127. The number of hydrogen-bond donors (Lipinski definition) is 2. The first kappa shape index (κ1) is 23.5. The molecule has 1 aliphatic heterocycles. The van der Waals surface area contributed by atoms with Gasteiger partial charge < -0.3 is 24.8 Å². The van der Waals surface area contributed by atoms with Crippen molar-refractivity contribution in [3.05, 3.63) is 34.9 Å². The fourth-order valence-electron chi connectivity index (χ4n) is 3.23. The molecule has 2 aromatic rings. The van der Waals surface area contributed by atoms with E-state index in [1.807, 2.05) is 25.1 Å². The third-order valence-corrected chi connectivity index (χ3v) is 4.76. The van der Waals surface area contributed by atoms with Crippen molar-refractivity contribution in [3.8, 4) is 5.75 Å². The maximum atomic E-state index is 6.18. The van der Waals surface area contributed by atoms with Gasteiger partial charge in [0.05, 0.1) is 19.3 Å². The highest BCUT2D eigenvalue weighted by molar-refractivity contribution is 14.0. The Balaban J connectivity index is 0.00000300. The van der Waals surface area contributed by atoms with Crippen LogP contribution in [0.1, 0.15) is 25.1 Å². The normalized spacial score (nSPS) is 16.5. The zero-order valence-corrected chi connectivity index (χ0v) is 20.0. The van der Waals surface area contributed by atoms with E-state index < -0.39 is 0 Å². The SMILES string of the molecule is CCNC(=NCCc1nc(C)no1)NC1CCN(c2cc(Cl)ccc2OC)C1.I. The van der Waals surface area contributed by atoms with Gasteiger partial charge in [-0.05, 0) is 38.5 Å². The molecule has 0 radical (unpaired) electrons. The minimum absolute atomic E-state index is 0. The van der Waals surface area contributed by atoms with Gasteiger partial charge in [-0.15, -0.1) is 24.0 Å². The number of benzene rings is 1. The van der Waals surface area contributed by atoms with E-state index in [9.17, 15) is 0 Å². The van der Waals surface area contributed by atoms with Gasteiger partial charge in [0.2, 0.25) is 5.89 Å². The van der Waals surface area contributed by atoms with Gasteiger partial charge >= 0.3 is 0 Å². The highest BCUT2D eigenvalue weighted by Crippen LogP contribution is 2.33. The summed E-state index contributed by atoms with van der Waals surface area (Å²) in [6.07, 6.45) is 1.62. The molecular weight excluding hydrogens is 507 g/mol. The predicted octanol–water partition coefficient (Wildman–Crippen LogP) is 3.03. The molecule has 29 heavy (non-hydrogen) atoms. The summed E-state index contributed by atoms with van der Waals surface area (Å²) in [5, 5.41) is 11.3. The van der Waals surface area contributed by atoms with E-state index in [-0.39, 0.29) is 30.0 Å². The van der Waals surface area contributed by atoms with E-state index in [0.29, 0.717) is 29.7 Å². The maximum absolute atomic E-state index is 6.18. The lowest BCUT2D eigenvalue weighted by Gasteiger charge is -2.22. The van der Waals surface area contributed by atoms with E-state index >= 15 is 0 Å². The molecule has 1 unspecified atom stereocenters. The van der Waals surface area contributed by atoms with Crippen LogP contribution in [-0.4, -0.2) is 55.4 Å². The minimum atomic E-state index is 0. The second-order valence-corrected chi connectivity index (χ2v) is 7.07. The van der Waals surface area contributed by atoms with Gasteiger partial charge in [-0.2, -0.15) is 4.98 Å². The van der Waals surface area contributed by atoms with Gasteiger partial charge in [-0.25, -0.2) is 0 Å². The first-order chi connectivity index (χ1) is 13.6. The van der Waals surface area contributed by atoms with E-state index in [0.717, 1.165) is 43.5 Å². The fourth-order valence-corrected chi connectivity index (χ4v) is 3.39. The number of guanidine groups is 1. The lowest BCUT2D eigenvalue weighted by Crippen LogP contribution is -2.44. The zero-order valence-electron chi connectivity index (χ0n) is 16.9. The molecule has 1 fully saturated rings. The number of halogens is 2. The van der Waals surface area contributed by atoms with Crippen LogP contribution in [0.4, 0.5) is 5.69 Å². The molecule has 0 aliphatic carbocycles. The summed E-state index contributed by atoms with van der Waals surface area (Å²) in [5.74, 6) is 2.88. The van der Waals surface area contributed by atoms with Crippen LogP contribution < -0.4 is 20.3 Å². The van der Waals surface area contributed by atoms with Crippen LogP contribution in [-0.2, 0) is 6.42 Å². The molecule has 2 heterocycles. The van der Waals surface area contributed by atoms with Crippen LogP contribution in [0.2, 0.25) is 5.02 Å². The van der Waals surface area contributed by atoms with Crippen molar-refractivity contribution in [2.75, 3.05) is 38.2 Å². The van der Waals surface area contributed by atoms with Crippen molar-refractivity contribution in [2.24, 2.45) is 4.99 Å². The molecule has 0 bridgehead atoms. The number of methoxy groups -OCH3 is 1. The van der Waals surface area contributed by atoms with Crippen LogP contribution in [0, 0.1) is 6.92 Å². The Morgan fingerprint density at radius 1 is 1.45 bits per heavy atom. The van der Waals surface area contributed by atoms with Crippen LogP contribution in [0.5, 0.6) is 5.75 Å². The summed E-state index contributed by atoms with van der Waals surface area (Å²) < 4.78 is 10.6. The third kappa shape index (κ3) is 6.63. The maximum Gasteiger partial charge on any atom is 0.228 e. The number of rotatable bonds is 7. The van der Waals surface area contributed by atoms with Gasteiger partial charge in [0, 0.05) is 37.1 Å². The Hall–Kier alpha value is -1.75. The number of ether oxygens (including phenoxy) is 1. The van der Waals surface area contributed by atoms with Crippen molar-refractivity contribution in [1.82, 2.24) is 20.8 Å². The van der Waals surface area contributed by atoms with Crippen LogP contribution in [0.3, 0.4) is 0 Å². The Morgan fingerprint density at radius 3 is 2.97 bits per heavy atom. The molecule has 160 valence electrons. The number of aliphatic imine (C=N–C) groups is 1. The summed E-state index contributed by atoms with van der Waals surface area (Å²) in [4.78, 5) is 11.1. The smallest absolute Gasteiger partial charge is 0.228 e. The van der Waals surface area contributed by atoms with E-state index in [1.165, 1.54) is 0 Å². The lowest BCUT2D eigenvalue weighted by molar-refractivity contribution is 0.376. The standard InChI is InChI=1S/C19H27ClN6O2.HI/c1-4-21-19(22-9-7-18-23-13(2)25-28-18)24-15-8-10-26(12-15)16-11-14(20)5-6-17(16)27-3;/h5-6,11,15H,4,7-10,12H2,1-3H3,(H2,21,22,24);1H. The first-order valence-electron chi connectivity index (χ1n) is 9.51. The molecule has 1 aliphatic rings. The van der Waals surface area contributed by atoms with Crippen LogP contribution in [0.15, 0.2) is 27.7 Å². The first-order valence-corrected chi connectivity index (χ1v) is 9.89. The fraction of sp³-hybridized carbons (Fsp3) is 0.526. The topological polar surface area (TPSA) is 87.8 Å². The van der Waals surface area contributed by atoms with Crippen molar-refractivity contribution in [2.45, 2.75) is 32.7 Å². The summed E-state index contributed by atoms with van der Waals surface area (Å²) in [6.45, 7) is 7.01. The quantitative estimate of drug-likeness (QED) is 0.321. The van der Waals surface area contributed by atoms with Crippen molar-refractivity contribution < 1.29 is 9.26 Å². The number of hydrogen-bond acceptors (Lipinski definition) is 6. The van der Waals surface area contributed by atoms with Crippen molar-refractivity contribution >= 4 is 47.2 Å². The van der Waals surface area contributed by atoms with Crippen molar-refractivity contribution in [1.29, 1.82) is 0 Å². The largest absolute Gasteiger partial charge is 0.495 e. The Labute approximate surface area is 193 Å². The third-order valence-electron chi connectivity index (χ3n) is 4.52. The average molecular weight is 535 g/mol. The molecule has 1 aromatic heterocycles. The van der Waals surface area contributed by atoms with Crippen LogP contribution in [0.25, 0.3) is 0 Å². The highest BCUT2D eigenvalue weighted by Gasteiger charge is 2.25. The van der Waals surface area contributed by atoms with Gasteiger partial charge in [-0.3, -0.25) is 4.99 Å². The lowest BCUT2D eigenvalue weighted by atomic mass is 10.2. The monoisotopic (exact) mass is 534 g/mol. The molecule has 8 nitrogen and oxygen atoms in total.